The van der Waals surface area contributed by atoms with Gasteiger partial charge < -0.3 is 4.90 Å². The van der Waals surface area contributed by atoms with Gasteiger partial charge >= 0.3 is 0 Å². The second-order valence-corrected chi connectivity index (χ2v) is 8.29. The molecule has 1 saturated carbocycles. The molecule has 1 aliphatic carbocycles. The molecule has 3 aromatic rings. The van der Waals surface area contributed by atoms with Gasteiger partial charge in [-0.15, -0.1) is 0 Å². The van der Waals surface area contributed by atoms with E-state index in [1.165, 1.54) is 42.7 Å². The summed E-state index contributed by atoms with van der Waals surface area (Å²) in [5.41, 5.74) is 2.25. The number of aromatic nitrogens is 2. The topological polar surface area (TPSA) is 80.8 Å². The molecule has 4 rings (SSSR count). The molecule has 1 aromatic carbocycles. The van der Waals surface area contributed by atoms with Crippen molar-refractivity contribution in [3.05, 3.63) is 51.1 Å². The van der Waals surface area contributed by atoms with E-state index in [0.29, 0.717) is 22.2 Å². The highest BCUT2D eigenvalue weighted by Gasteiger charge is 2.26. The average Bonchev–Trinajstić information content (AvgIpc) is 3.27. The van der Waals surface area contributed by atoms with Crippen LogP contribution in [-0.4, -0.2) is 38.2 Å². The first kappa shape index (κ1) is 18.6. The molecule has 0 radical (unpaired) electrons. The van der Waals surface area contributed by atoms with Crippen LogP contribution in [0.4, 0.5) is 5.69 Å². The van der Waals surface area contributed by atoms with E-state index in [-0.39, 0.29) is 11.6 Å². The highest BCUT2D eigenvalue weighted by atomic mass is 32.1. The van der Waals surface area contributed by atoms with Crippen molar-refractivity contribution in [3.8, 4) is 11.3 Å². The number of thiazole rings is 1. The molecular formula is C20H22N4O3S. The number of nitro benzene ring substituents is 1. The van der Waals surface area contributed by atoms with Crippen LogP contribution in [0.2, 0.25) is 0 Å². The number of nitrogens with zero attached hydrogens (tertiary/aromatic N) is 4. The van der Waals surface area contributed by atoms with E-state index in [1.807, 2.05) is 29.5 Å². The van der Waals surface area contributed by atoms with E-state index in [2.05, 4.69) is 4.98 Å². The zero-order valence-electron chi connectivity index (χ0n) is 15.9. The van der Waals surface area contributed by atoms with Crippen LogP contribution in [0, 0.1) is 17.0 Å². The van der Waals surface area contributed by atoms with E-state index >= 15 is 0 Å². The quantitative estimate of drug-likeness (QED) is 0.472. The second kappa shape index (κ2) is 7.35. The third-order valence-corrected chi connectivity index (χ3v) is 6.69. The number of carbonyl (C=O) groups is 1. The molecule has 2 heterocycles. The lowest BCUT2D eigenvalue weighted by Crippen LogP contribution is -2.38. The summed E-state index contributed by atoms with van der Waals surface area (Å²) in [6, 6.07) is 6.76. The van der Waals surface area contributed by atoms with Gasteiger partial charge in [-0.3, -0.25) is 19.3 Å². The van der Waals surface area contributed by atoms with Crippen molar-refractivity contribution < 1.29 is 9.72 Å². The predicted molar refractivity (Wildman–Crippen MR) is 109 cm³/mol. The molecule has 0 aliphatic heterocycles. The van der Waals surface area contributed by atoms with Gasteiger partial charge in [0.2, 0.25) is 0 Å². The van der Waals surface area contributed by atoms with Gasteiger partial charge in [0.05, 0.1) is 10.6 Å². The number of hydrogen-bond donors (Lipinski definition) is 0. The monoisotopic (exact) mass is 398 g/mol. The number of imidazole rings is 1. The maximum absolute atomic E-state index is 13.0. The van der Waals surface area contributed by atoms with E-state index < -0.39 is 4.92 Å². The Balaban J connectivity index is 1.64. The lowest BCUT2D eigenvalue weighted by Gasteiger charge is -2.31. The summed E-state index contributed by atoms with van der Waals surface area (Å²) >= 11 is 1.38. The summed E-state index contributed by atoms with van der Waals surface area (Å²) in [5, 5.41) is 11.0. The van der Waals surface area contributed by atoms with Crippen molar-refractivity contribution in [1.29, 1.82) is 0 Å². The molecule has 146 valence electrons. The minimum absolute atomic E-state index is 0.0375. The van der Waals surface area contributed by atoms with Crippen LogP contribution in [0.1, 0.15) is 47.5 Å². The Bertz CT molecular complexity index is 1050. The van der Waals surface area contributed by atoms with E-state index in [9.17, 15) is 14.9 Å². The van der Waals surface area contributed by atoms with Crippen molar-refractivity contribution in [3.63, 3.8) is 0 Å². The van der Waals surface area contributed by atoms with E-state index in [4.69, 9.17) is 0 Å². The van der Waals surface area contributed by atoms with Gasteiger partial charge in [0.1, 0.15) is 4.88 Å². The standard InChI is InChI=1S/C20H22N4O3S/c1-13-18(19(25)22(2)15-8-4-3-5-9-15)28-20-21-17(12-23(13)20)14-7-6-10-16(11-14)24(26)27/h6-7,10-12,15H,3-5,8-9H2,1-2H3. The summed E-state index contributed by atoms with van der Waals surface area (Å²) in [7, 11) is 1.90. The Labute approximate surface area is 166 Å². The van der Waals surface area contributed by atoms with Crippen LogP contribution in [0.3, 0.4) is 0 Å². The summed E-state index contributed by atoms with van der Waals surface area (Å²) in [6.45, 7) is 1.92. The molecular weight excluding hydrogens is 376 g/mol. The number of non-ortho nitro benzene ring substituents is 1. The third-order valence-electron chi connectivity index (χ3n) is 5.55. The molecule has 1 amide bonds. The zero-order chi connectivity index (χ0) is 19.8. The van der Waals surface area contributed by atoms with Crippen LogP contribution in [0.5, 0.6) is 0 Å². The van der Waals surface area contributed by atoms with Crippen LogP contribution in [0.15, 0.2) is 30.5 Å². The number of rotatable bonds is 4. The van der Waals surface area contributed by atoms with Crippen molar-refractivity contribution in [2.24, 2.45) is 0 Å². The highest BCUT2D eigenvalue weighted by molar-refractivity contribution is 7.19. The molecule has 0 unspecified atom stereocenters. The number of hydrogen-bond acceptors (Lipinski definition) is 5. The Morgan fingerprint density at radius 3 is 2.75 bits per heavy atom. The smallest absolute Gasteiger partial charge is 0.270 e. The van der Waals surface area contributed by atoms with Gasteiger partial charge in [0.25, 0.3) is 11.6 Å². The Morgan fingerprint density at radius 1 is 1.32 bits per heavy atom. The first-order valence-electron chi connectivity index (χ1n) is 9.46. The summed E-state index contributed by atoms with van der Waals surface area (Å²) in [5.74, 6) is 0.0526. The van der Waals surface area contributed by atoms with Crippen molar-refractivity contribution in [2.75, 3.05) is 7.05 Å². The van der Waals surface area contributed by atoms with E-state index in [1.54, 1.807) is 12.1 Å². The lowest BCUT2D eigenvalue weighted by atomic mass is 9.94. The molecule has 0 saturated heterocycles. The fourth-order valence-corrected chi connectivity index (χ4v) is 4.95. The number of fused-ring (bicyclic) bond motifs is 1. The van der Waals surface area contributed by atoms with Crippen LogP contribution in [0.25, 0.3) is 16.2 Å². The van der Waals surface area contributed by atoms with Gasteiger partial charge in [0, 0.05) is 42.7 Å². The first-order chi connectivity index (χ1) is 13.5. The number of aryl methyl sites for hydroxylation is 1. The molecule has 0 spiro atoms. The summed E-state index contributed by atoms with van der Waals surface area (Å²) in [4.78, 5) is 31.6. The maximum Gasteiger partial charge on any atom is 0.270 e. The molecule has 0 atom stereocenters. The fraction of sp³-hybridized carbons (Fsp3) is 0.400. The number of benzene rings is 1. The molecule has 0 bridgehead atoms. The van der Waals surface area contributed by atoms with E-state index in [0.717, 1.165) is 23.5 Å². The highest BCUT2D eigenvalue weighted by Crippen LogP contribution is 2.30. The number of amides is 1. The maximum atomic E-state index is 13.0. The lowest BCUT2D eigenvalue weighted by molar-refractivity contribution is -0.384. The summed E-state index contributed by atoms with van der Waals surface area (Å²) in [6.07, 6.45) is 7.60. The third kappa shape index (κ3) is 3.28. The predicted octanol–water partition coefficient (Wildman–Crippen LogP) is 4.68. The van der Waals surface area contributed by atoms with Gasteiger partial charge in [-0.05, 0) is 19.8 Å². The largest absolute Gasteiger partial charge is 0.338 e. The van der Waals surface area contributed by atoms with Gasteiger partial charge in [-0.25, -0.2) is 4.98 Å². The normalized spacial score (nSPS) is 15.1. The van der Waals surface area contributed by atoms with Crippen molar-refractivity contribution in [2.45, 2.75) is 45.1 Å². The Kier molecular flexibility index (Phi) is 4.89. The second-order valence-electron chi connectivity index (χ2n) is 7.31. The fourth-order valence-electron chi connectivity index (χ4n) is 3.86. The van der Waals surface area contributed by atoms with Gasteiger partial charge in [-0.1, -0.05) is 42.7 Å². The minimum atomic E-state index is -0.412. The number of carbonyl (C=O) groups excluding carboxylic acids is 1. The van der Waals surface area contributed by atoms with Crippen LogP contribution >= 0.6 is 11.3 Å². The first-order valence-corrected chi connectivity index (χ1v) is 10.3. The average molecular weight is 398 g/mol. The SMILES string of the molecule is Cc1c(C(=O)N(C)C2CCCCC2)sc2nc(-c3cccc([N+](=O)[O-])c3)cn12. The number of nitro groups is 1. The van der Waals surface area contributed by atoms with Crippen molar-refractivity contribution in [1.82, 2.24) is 14.3 Å². The molecule has 8 heteroatoms. The van der Waals surface area contributed by atoms with Crippen LogP contribution < -0.4 is 0 Å². The molecule has 1 aliphatic rings. The minimum Gasteiger partial charge on any atom is -0.338 e. The summed E-state index contributed by atoms with van der Waals surface area (Å²) < 4.78 is 1.90. The van der Waals surface area contributed by atoms with Gasteiger partial charge in [0.15, 0.2) is 4.96 Å². The zero-order valence-corrected chi connectivity index (χ0v) is 16.7. The molecule has 1 fully saturated rings. The molecule has 0 N–H and O–H groups in total. The van der Waals surface area contributed by atoms with Gasteiger partial charge in [-0.2, -0.15) is 0 Å². The van der Waals surface area contributed by atoms with Crippen LogP contribution in [-0.2, 0) is 0 Å². The Morgan fingerprint density at radius 2 is 2.07 bits per heavy atom. The van der Waals surface area contributed by atoms with Crippen molar-refractivity contribution >= 4 is 27.9 Å². The molecule has 2 aromatic heterocycles. The Hall–Kier alpha value is -2.74. The molecule has 28 heavy (non-hydrogen) atoms. The molecule has 7 nitrogen and oxygen atoms in total.